The molecular weight excluding hydrogens is 410 g/mol. The van der Waals surface area contributed by atoms with Crippen molar-refractivity contribution in [3.05, 3.63) is 43.9 Å². The number of carbonyl (C=O) groups excluding carboxylic acids is 1. The smallest absolute Gasteiger partial charge is 0.262 e. The van der Waals surface area contributed by atoms with E-state index in [9.17, 15) is 9.59 Å². The predicted octanol–water partition coefficient (Wildman–Crippen LogP) is 3.40. The molecule has 0 bridgehead atoms. The fourth-order valence-electron chi connectivity index (χ4n) is 2.87. The molecule has 1 aromatic carbocycles. The van der Waals surface area contributed by atoms with Crippen LogP contribution in [-0.2, 0) is 17.7 Å². The summed E-state index contributed by atoms with van der Waals surface area (Å²) in [4.78, 5) is 28.4. The number of benzene rings is 1. The predicted molar refractivity (Wildman–Crippen MR) is 116 cm³/mol. The minimum Gasteiger partial charge on any atom is -0.385 e. The van der Waals surface area contributed by atoms with Gasteiger partial charge in [0.15, 0.2) is 4.77 Å². The Kier molecular flexibility index (Phi) is 6.88. The second-order valence-electron chi connectivity index (χ2n) is 7.05. The summed E-state index contributed by atoms with van der Waals surface area (Å²) in [6.07, 6.45) is 1.50. The Balaban J connectivity index is 1.82. The van der Waals surface area contributed by atoms with Crippen molar-refractivity contribution in [3.63, 3.8) is 0 Å². The molecule has 0 aliphatic rings. The number of H-pyrrole nitrogens is 1. The summed E-state index contributed by atoms with van der Waals surface area (Å²) in [6.45, 7) is 5.22. The first-order valence-corrected chi connectivity index (χ1v) is 10.5. The van der Waals surface area contributed by atoms with Gasteiger partial charge in [-0.1, -0.05) is 25.2 Å². The lowest BCUT2D eigenvalue weighted by Crippen LogP contribution is -2.23. The SMILES string of the molecule is COCCCn1c(=S)[nH]c2cc(C(=O)Nc3nnc(CC(C)C)s3)ccc2c1=O. The number of aromatic nitrogens is 4. The van der Waals surface area contributed by atoms with E-state index in [0.29, 0.717) is 51.9 Å². The molecule has 0 fully saturated rings. The first kappa shape index (κ1) is 21.3. The van der Waals surface area contributed by atoms with Crippen LogP contribution in [0.1, 0.15) is 35.6 Å². The summed E-state index contributed by atoms with van der Waals surface area (Å²) in [6, 6.07) is 4.87. The molecular formula is C19H23N5O3S2. The fourth-order valence-corrected chi connectivity index (χ4v) is 4.10. The molecule has 154 valence electrons. The van der Waals surface area contributed by atoms with Gasteiger partial charge in [-0.2, -0.15) is 0 Å². The van der Waals surface area contributed by atoms with Crippen LogP contribution >= 0.6 is 23.6 Å². The van der Waals surface area contributed by atoms with E-state index in [4.69, 9.17) is 17.0 Å². The minimum absolute atomic E-state index is 0.186. The van der Waals surface area contributed by atoms with Gasteiger partial charge in [0.05, 0.1) is 10.9 Å². The lowest BCUT2D eigenvalue weighted by molar-refractivity contribution is 0.102. The van der Waals surface area contributed by atoms with E-state index in [2.05, 4.69) is 34.3 Å². The maximum atomic E-state index is 12.7. The zero-order chi connectivity index (χ0) is 21.0. The molecule has 3 aromatic rings. The van der Waals surface area contributed by atoms with E-state index in [1.807, 2.05) is 0 Å². The van der Waals surface area contributed by atoms with Gasteiger partial charge in [-0.05, 0) is 42.8 Å². The van der Waals surface area contributed by atoms with E-state index in [-0.39, 0.29) is 11.5 Å². The zero-order valence-electron chi connectivity index (χ0n) is 16.5. The van der Waals surface area contributed by atoms with E-state index in [0.717, 1.165) is 11.4 Å². The van der Waals surface area contributed by atoms with Crippen LogP contribution in [0.5, 0.6) is 0 Å². The molecule has 1 amide bonds. The first-order chi connectivity index (χ1) is 13.9. The summed E-state index contributed by atoms with van der Waals surface area (Å²) >= 11 is 6.68. The highest BCUT2D eigenvalue weighted by Gasteiger charge is 2.13. The van der Waals surface area contributed by atoms with E-state index in [1.54, 1.807) is 25.3 Å². The molecule has 8 nitrogen and oxygen atoms in total. The van der Waals surface area contributed by atoms with Crippen LogP contribution in [0.15, 0.2) is 23.0 Å². The first-order valence-electron chi connectivity index (χ1n) is 9.28. The fraction of sp³-hybridized carbons (Fsp3) is 0.421. The maximum absolute atomic E-state index is 12.7. The van der Waals surface area contributed by atoms with Crippen molar-refractivity contribution in [2.75, 3.05) is 19.0 Å². The van der Waals surface area contributed by atoms with Gasteiger partial charge >= 0.3 is 0 Å². The number of amides is 1. The van der Waals surface area contributed by atoms with Crippen molar-refractivity contribution in [1.82, 2.24) is 19.7 Å². The van der Waals surface area contributed by atoms with Crippen LogP contribution in [0, 0.1) is 10.7 Å². The molecule has 2 N–H and O–H groups in total. The summed E-state index contributed by atoms with van der Waals surface area (Å²) in [5, 5.41) is 12.7. The van der Waals surface area contributed by atoms with Gasteiger partial charge in [-0.25, -0.2) is 0 Å². The van der Waals surface area contributed by atoms with Crippen LogP contribution < -0.4 is 10.9 Å². The number of methoxy groups -OCH3 is 1. The number of fused-ring (bicyclic) bond motifs is 1. The number of ether oxygens (including phenoxy) is 1. The van der Waals surface area contributed by atoms with Gasteiger partial charge in [0.2, 0.25) is 5.13 Å². The Labute approximate surface area is 176 Å². The lowest BCUT2D eigenvalue weighted by Gasteiger charge is -2.09. The molecule has 0 radical (unpaired) electrons. The van der Waals surface area contributed by atoms with Crippen LogP contribution in [0.3, 0.4) is 0 Å². The lowest BCUT2D eigenvalue weighted by atomic mass is 10.1. The number of aromatic amines is 1. The summed E-state index contributed by atoms with van der Waals surface area (Å²) in [5.74, 6) is 0.149. The van der Waals surface area contributed by atoms with E-state index >= 15 is 0 Å². The summed E-state index contributed by atoms with van der Waals surface area (Å²) in [5.41, 5.74) is 0.739. The molecule has 10 heteroatoms. The van der Waals surface area contributed by atoms with Crippen LogP contribution in [0.2, 0.25) is 0 Å². The highest BCUT2D eigenvalue weighted by Crippen LogP contribution is 2.19. The number of hydrogen-bond donors (Lipinski definition) is 2. The highest BCUT2D eigenvalue weighted by atomic mass is 32.1. The third-order valence-electron chi connectivity index (χ3n) is 4.24. The Morgan fingerprint density at radius 1 is 1.38 bits per heavy atom. The van der Waals surface area contributed by atoms with Crippen LogP contribution in [0.25, 0.3) is 10.9 Å². The molecule has 0 atom stereocenters. The van der Waals surface area contributed by atoms with Crippen molar-refractivity contribution in [3.8, 4) is 0 Å². The topological polar surface area (TPSA) is 102 Å². The van der Waals surface area contributed by atoms with Crippen molar-refractivity contribution in [2.24, 2.45) is 5.92 Å². The monoisotopic (exact) mass is 433 g/mol. The molecule has 29 heavy (non-hydrogen) atoms. The quantitative estimate of drug-likeness (QED) is 0.417. The van der Waals surface area contributed by atoms with E-state index < -0.39 is 0 Å². The zero-order valence-corrected chi connectivity index (χ0v) is 18.2. The molecule has 3 rings (SSSR count). The number of nitrogens with one attached hydrogen (secondary N) is 2. The average Bonchev–Trinajstić information content (AvgIpc) is 3.10. The van der Waals surface area contributed by atoms with Crippen molar-refractivity contribution in [2.45, 2.75) is 33.2 Å². The van der Waals surface area contributed by atoms with Crippen LogP contribution in [0.4, 0.5) is 5.13 Å². The highest BCUT2D eigenvalue weighted by molar-refractivity contribution is 7.71. The summed E-state index contributed by atoms with van der Waals surface area (Å²) in [7, 11) is 1.61. The van der Waals surface area contributed by atoms with Gasteiger partial charge in [-0.3, -0.25) is 19.5 Å². The minimum atomic E-state index is -0.317. The second kappa shape index (κ2) is 9.38. The largest absolute Gasteiger partial charge is 0.385 e. The second-order valence-corrected chi connectivity index (χ2v) is 8.50. The number of rotatable bonds is 8. The molecule has 0 saturated carbocycles. The Morgan fingerprint density at radius 2 is 2.17 bits per heavy atom. The summed E-state index contributed by atoms with van der Waals surface area (Å²) < 4.78 is 6.86. The van der Waals surface area contributed by atoms with Crippen molar-refractivity contribution >= 4 is 45.5 Å². The molecule has 0 saturated heterocycles. The number of nitrogens with zero attached hydrogens (tertiary/aromatic N) is 3. The van der Waals surface area contributed by atoms with Crippen molar-refractivity contribution < 1.29 is 9.53 Å². The molecule has 0 aliphatic heterocycles. The molecule has 2 heterocycles. The van der Waals surface area contributed by atoms with Crippen molar-refractivity contribution in [1.29, 1.82) is 0 Å². The van der Waals surface area contributed by atoms with E-state index in [1.165, 1.54) is 15.9 Å². The number of anilines is 1. The molecule has 0 spiro atoms. The van der Waals surface area contributed by atoms with Crippen LogP contribution in [-0.4, -0.2) is 39.4 Å². The van der Waals surface area contributed by atoms with Gasteiger partial charge in [0.1, 0.15) is 5.01 Å². The third kappa shape index (κ3) is 5.14. The van der Waals surface area contributed by atoms with Gasteiger partial charge < -0.3 is 9.72 Å². The maximum Gasteiger partial charge on any atom is 0.262 e. The standard InChI is InChI=1S/C19H23N5O3S2/c1-11(2)9-15-22-23-18(29-15)21-16(25)12-5-6-13-14(10-12)20-19(28)24(17(13)26)7-4-8-27-3/h5-6,10-11H,4,7-9H2,1-3H3,(H,20,28)(H,21,23,25). The molecule has 2 aromatic heterocycles. The Morgan fingerprint density at radius 3 is 2.90 bits per heavy atom. The molecule has 0 unspecified atom stereocenters. The molecule has 0 aliphatic carbocycles. The van der Waals surface area contributed by atoms with Gasteiger partial charge in [0.25, 0.3) is 11.5 Å². The van der Waals surface area contributed by atoms with Gasteiger partial charge in [-0.15, -0.1) is 10.2 Å². The Hall–Kier alpha value is -2.43. The normalized spacial score (nSPS) is 11.3. The average molecular weight is 434 g/mol. The number of carbonyl (C=O) groups is 1. The number of hydrogen-bond acceptors (Lipinski definition) is 7. The Bertz CT molecular complexity index is 1130. The van der Waals surface area contributed by atoms with Gasteiger partial charge in [0, 0.05) is 32.2 Å². The third-order valence-corrected chi connectivity index (χ3v) is 5.43.